The summed E-state index contributed by atoms with van der Waals surface area (Å²) in [6, 6.07) is 18.1. The van der Waals surface area contributed by atoms with Gasteiger partial charge in [-0.05, 0) is 17.2 Å². The minimum Gasteiger partial charge on any atom is -0.370 e. The van der Waals surface area contributed by atoms with Crippen LogP contribution >= 0.6 is 0 Å². The van der Waals surface area contributed by atoms with Crippen molar-refractivity contribution in [1.82, 2.24) is 10.3 Å². The summed E-state index contributed by atoms with van der Waals surface area (Å²) in [6.45, 7) is 0.693. The molecule has 0 aliphatic rings. The molecule has 0 fully saturated rings. The van der Waals surface area contributed by atoms with Gasteiger partial charge in [0.15, 0.2) is 0 Å². The Morgan fingerprint density at radius 1 is 1.09 bits per heavy atom. The highest BCUT2D eigenvalue weighted by molar-refractivity contribution is 5.84. The Kier molecular flexibility index (Phi) is 4.21. The van der Waals surface area contributed by atoms with Crippen LogP contribution in [0.1, 0.15) is 23.6 Å². The summed E-state index contributed by atoms with van der Waals surface area (Å²) < 4.78 is 0. The maximum Gasteiger partial charge on any atom is 0.219 e. The molecule has 3 rings (SSSR count). The van der Waals surface area contributed by atoms with Gasteiger partial charge in [-0.3, -0.25) is 4.79 Å². The van der Waals surface area contributed by atoms with Gasteiger partial charge in [-0.2, -0.15) is 0 Å². The molecule has 0 saturated heterocycles. The Labute approximate surface area is 129 Å². The van der Waals surface area contributed by atoms with Crippen LogP contribution in [0.15, 0.2) is 60.8 Å². The van der Waals surface area contributed by atoms with E-state index in [1.165, 1.54) is 5.56 Å². The first kappa shape index (κ1) is 14.4. The standard InChI is InChI=1S/C18H19N3O/c19-18(22)10-17(20-11-13-6-2-1-3-7-13)15-12-21-16-9-5-4-8-14(15)16/h1-9,12,17,20-21H,10-11H2,(H2,19,22)/t17-/m1/s1. The first-order valence-electron chi connectivity index (χ1n) is 7.35. The van der Waals surface area contributed by atoms with E-state index in [0.29, 0.717) is 6.54 Å². The summed E-state index contributed by atoms with van der Waals surface area (Å²) in [7, 11) is 0. The monoisotopic (exact) mass is 293 g/mol. The summed E-state index contributed by atoms with van der Waals surface area (Å²) >= 11 is 0. The quantitative estimate of drug-likeness (QED) is 0.654. The number of para-hydroxylation sites is 1. The molecule has 22 heavy (non-hydrogen) atoms. The molecule has 0 bridgehead atoms. The van der Waals surface area contributed by atoms with E-state index in [1.807, 2.05) is 42.6 Å². The van der Waals surface area contributed by atoms with Crippen molar-refractivity contribution in [3.8, 4) is 0 Å². The molecular weight excluding hydrogens is 274 g/mol. The van der Waals surface area contributed by atoms with Gasteiger partial charge in [0.05, 0.1) is 0 Å². The Morgan fingerprint density at radius 3 is 2.59 bits per heavy atom. The minimum atomic E-state index is -0.309. The van der Waals surface area contributed by atoms with Crippen molar-refractivity contribution < 1.29 is 4.79 Å². The van der Waals surface area contributed by atoms with Crippen LogP contribution in [-0.4, -0.2) is 10.9 Å². The zero-order valence-corrected chi connectivity index (χ0v) is 12.3. The van der Waals surface area contributed by atoms with E-state index in [0.717, 1.165) is 16.5 Å². The lowest BCUT2D eigenvalue weighted by Gasteiger charge is -2.17. The highest BCUT2D eigenvalue weighted by Crippen LogP contribution is 2.26. The SMILES string of the molecule is NC(=O)C[C@@H](NCc1ccccc1)c1c[nH]c2ccccc12. The van der Waals surface area contributed by atoms with Gasteiger partial charge in [0.2, 0.25) is 5.91 Å². The van der Waals surface area contributed by atoms with E-state index in [-0.39, 0.29) is 18.4 Å². The molecule has 0 aliphatic carbocycles. The summed E-state index contributed by atoms with van der Waals surface area (Å²) in [6.07, 6.45) is 2.23. The molecule has 0 aliphatic heterocycles. The van der Waals surface area contributed by atoms with Gasteiger partial charge in [-0.25, -0.2) is 0 Å². The molecule has 4 heteroatoms. The van der Waals surface area contributed by atoms with Crippen LogP contribution in [0.3, 0.4) is 0 Å². The molecule has 2 aromatic carbocycles. The molecule has 0 saturated carbocycles. The molecule has 1 atom stereocenters. The number of fused-ring (bicyclic) bond motifs is 1. The minimum absolute atomic E-state index is 0.103. The molecule has 1 aromatic heterocycles. The first-order valence-corrected chi connectivity index (χ1v) is 7.35. The Balaban J connectivity index is 1.84. The van der Waals surface area contributed by atoms with E-state index in [4.69, 9.17) is 5.73 Å². The van der Waals surface area contributed by atoms with Crippen LogP contribution in [0.25, 0.3) is 10.9 Å². The molecule has 1 heterocycles. The number of amides is 1. The zero-order chi connectivity index (χ0) is 15.4. The molecule has 112 valence electrons. The van der Waals surface area contributed by atoms with E-state index < -0.39 is 0 Å². The summed E-state index contributed by atoms with van der Waals surface area (Å²) in [5, 5.41) is 4.56. The van der Waals surface area contributed by atoms with Gasteiger partial charge in [0.25, 0.3) is 0 Å². The summed E-state index contributed by atoms with van der Waals surface area (Å²) in [5.74, 6) is -0.309. The summed E-state index contributed by atoms with van der Waals surface area (Å²) in [5.41, 5.74) is 8.74. The van der Waals surface area contributed by atoms with Crippen LogP contribution in [0.5, 0.6) is 0 Å². The second kappa shape index (κ2) is 6.45. The third-order valence-electron chi connectivity index (χ3n) is 3.80. The zero-order valence-electron chi connectivity index (χ0n) is 12.3. The van der Waals surface area contributed by atoms with Crippen molar-refractivity contribution in [2.24, 2.45) is 5.73 Å². The second-order valence-electron chi connectivity index (χ2n) is 5.38. The number of primary amides is 1. The maximum absolute atomic E-state index is 11.4. The van der Waals surface area contributed by atoms with E-state index in [1.54, 1.807) is 0 Å². The second-order valence-corrected chi connectivity index (χ2v) is 5.38. The lowest BCUT2D eigenvalue weighted by molar-refractivity contribution is -0.118. The number of nitrogens with one attached hydrogen (secondary N) is 2. The topological polar surface area (TPSA) is 70.9 Å². The molecular formula is C18H19N3O. The average Bonchev–Trinajstić information content (AvgIpc) is 2.96. The average molecular weight is 293 g/mol. The molecule has 0 unspecified atom stereocenters. The number of aromatic amines is 1. The molecule has 0 spiro atoms. The van der Waals surface area contributed by atoms with Gasteiger partial charge in [-0.15, -0.1) is 0 Å². The van der Waals surface area contributed by atoms with Gasteiger partial charge in [0, 0.05) is 36.1 Å². The van der Waals surface area contributed by atoms with Gasteiger partial charge >= 0.3 is 0 Å². The lowest BCUT2D eigenvalue weighted by Crippen LogP contribution is -2.26. The number of aromatic nitrogens is 1. The smallest absolute Gasteiger partial charge is 0.219 e. The first-order chi connectivity index (χ1) is 10.7. The van der Waals surface area contributed by atoms with Crippen LogP contribution in [0, 0.1) is 0 Å². The van der Waals surface area contributed by atoms with Gasteiger partial charge < -0.3 is 16.0 Å². The fourth-order valence-corrected chi connectivity index (χ4v) is 2.71. The van der Waals surface area contributed by atoms with Gasteiger partial charge in [-0.1, -0.05) is 48.5 Å². The number of hydrogen-bond donors (Lipinski definition) is 3. The van der Waals surface area contributed by atoms with Crippen LogP contribution in [-0.2, 0) is 11.3 Å². The number of nitrogens with two attached hydrogens (primary N) is 1. The van der Waals surface area contributed by atoms with Crippen LogP contribution < -0.4 is 11.1 Å². The molecule has 0 radical (unpaired) electrons. The number of carbonyl (C=O) groups is 1. The van der Waals surface area contributed by atoms with Crippen molar-refractivity contribution in [3.63, 3.8) is 0 Å². The van der Waals surface area contributed by atoms with Crippen molar-refractivity contribution in [2.75, 3.05) is 0 Å². The number of benzene rings is 2. The highest BCUT2D eigenvalue weighted by Gasteiger charge is 2.17. The normalized spacial score (nSPS) is 12.4. The third-order valence-corrected chi connectivity index (χ3v) is 3.80. The summed E-state index contributed by atoms with van der Waals surface area (Å²) in [4.78, 5) is 14.7. The van der Waals surface area contributed by atoms with E-state index in [9.17, 15) is 4.79 Å². The van der Waals surface area contributed by atoms with E-state index >= 15 is 0 Å². The molecule has 3 aromatic rings. The highest BCUT2D eigenvalue weighted by atomic mass is 16.1. The predicted octanol–water partition coefficient (Wildman–Crippen LogP) is 2.87. The Bertz CT molecular complexity index is 764. The third kappa shape index (κ3) is 3.18. The van der Waals surface area contributed by atoms with E-state index in [2.05, 4.69) is 28.5 Å². The van der Waals surface area contributed by atoms with Gasteiger partial charge in [0.1, 0.15) is 0 Å². The predicted molar refractivity (Wildman–Crippen MR) is 88.1 cm³/mol. The number of hydrogen-bond acceptors (Lipinski definition) is 2. The van der Waals surface area contributed by atoms with Crippen LogP contribution in [0.2, 0.25) is 0 Å². The number of carbonyl (C=O) groups excluding carboxylic acids is 1. The Hall–Kier alpha value is -2.59. The molecule has 1 amide bonds. The fourth-order valence-electron chi connectivity index (χ4n) is 2.71. The maximum atomic E-state index is 11.4. The molecule has 4 nitrogen and oxygen atoms in total. The van der Waals surface area contributed by atoms with Crippen molar-refractivity contribution in [2.45, 2.75) is 19.0 Å². The number of H-pyrrole nitrogens is 1. The number of rotatable bonds is 6. The Morgan fingerprint density at radius 2 is 1.82 bits per heavy atom. The fraction of sp³-hybridized carbons (Fsp3) is 0.167. The lowest BCUT2D eigenvalue weighted by atomic mass is 10.0. The molecule has 4 N–H and O–H groups in total. The van der Waals surface area contributed by atoms with Crippen molar-refractivity contribution in [1.29, 1.82) is 0 Å². The van der Waals surface area contributed by atoms with Crippen LogP contribution in [0.4, 0.5) is 0 Å². The van der Waals surface area contributed by atoms with Crippen molar-refractivity contribution in [3.05, 3.63) is 71.9 Å². The van der Waals surface area contributed by atoms with Crippen molar-refractivity contribution >= 4 is 16.8 Å². The largest absolute Gasteiger partial charge is 0.370 e.